The van der Waals surface area contributed by atoms with Crippen LogP contribution in [0.15, 0.2) is 29.2 Å². The highest BCUT2D eigenvalue weighted by Gasteiger charge is 2.20. The summed E-state index contributed by atoms with van der Waals surface area (Å²) >= 11 is 0. The van der Waals surface area contributed by atoms with Crippen molar-refractivity contribution < 1.29 is 26.4 Å². The summed E-state index contributed by atoms with van der Waals surface area (Å²) in [6.07, 6.45) is 0. The molecule has 10 heteroatoms. The Bertz CT molecular complexity index is 710. The van der Waals surface area contributed by atoms with Crippen LogP contribution < -0.4 is 9.86 Å². The van der Waals surface area contributed by atoms with Crippen LogP contribution in [0.2, 0.25) is 0 Å². The molecule has 0 fully saturated rings. The van der Waals surface area contributed by atoms with Crippen LogP contribution in [0.3, 0.4) is 0 Å². The van der Waals surface area contributed by atoms with Crippen LogP contribution in [0.5, 0.6) is 0 Å². The Hall–Kier alpha value is -1.49. The van der Waals surface area contributed by atoms with Crippen molar-refractivity contribution in [1.29, 1.82) is 0 Å². The van der Waals surface area contributed by atoms with Gasteiger partial charge in [-0.05, 0) is 24.6 Å². The van der Waals surface area contributed by atoms with Gasteiger partial charge in [0.25, 0.3) is 0 Å². The fraction of sp³-hybridized carbons (Fsp3) is 0.364. The molecule has 0 bridgehead atoms. The lowest BCUT2D eigenvalue weighted by Gasteiger charge is -2.14. The Kier molecular flexibility index (Phi) is 5.45. The molecule has 0 aliphatic carbocycles. The number of nitrogens with two attached hydrogens (primary N) is 1. The third kappa shape index (κ3) is 5.42. The van der Waals surface area contributed by atoms with E-state index in [4.69, 9.17) is 5.14 Å². The minimum atomic E-state index is -3.85. The van der Waals surface area contributed by atoms with E-state index in [9.17, 15) is 21.6 Å². The van der Waals surface area contributed by atoms with Crippen LogP contribution in [0.4, 0.5) is 0 Å². The van der Waals surface area contributed by atoms with Gasteiger partial charge in [0.15, 0.2) is 5.75 Å². The molecule has 1 aromatic carbocycles. The topological polar surface area (TPSA) is 133 Å². The number of carbonyl (C=O) groups excluding carboxylic acids is 1. The van der Waals surface area contributed by atoms with Crippen LogP contribution in [-0.4, -0.2) is 35.7 Å². The average molecular weight is 336 g/mol. The monoisotopic (exact) mass is 336 g/mol. The fourth-order valence-electron chi connectivity index (χ4n) is 1.54. The summed E-state index contributed by atoms with van der Waals surface area (Å²) < 4.78 is 52.2. The number of benzene rings is 1. The van der Waals surface area contributed by atoms with Crippen LogP contribution in [-0.2, 0) is 29.6 Å². The lowest BCUT2D eigenvalue weighted by molar-refractivity contribution is -0.137. The molecular weight excluding hydrogens is 320 g/mol. The molecule has 3 N–H and O–H groups in total. The van der Waals surface area contributed by atoms with Crippen molar-refractivity contribution in [3.8, 4) is 0 Å². The van der Waals surface area contributed by atoms with Gasteiger partial charge in [0.05, 0.1) is 12.0 Å². The summed E-state index contributed by atoms with van der Waals surface area (Å²) in [5, 5.41) is 4.96. The first-order valence-electron chi connectivity index (χ1n) is 5.75. The molecule has 0 saturated heterocycles. The van der Waals surface area contributed by atoms with Crippen LogP contribution in [0, 0.1) is 0 Å². The molecule has 0 aromatic heterocycles. The Balaban J connectivity index is 2.85. The van der Waals surface area contributed by atoms with Gasteiger partial charge in [-0.2, -0.15) is 0 Å². The van der Waals surface area contributed by atoms with Crippen LogP contribution in [0.1, 0.15) is 18.5 Å². The number of ether oxygens (including phenoxy) is 1. The maximum absolute atomic E-state index is 11.7. The van der Waals surface area contributed by atoms with Gasteiger partial charge in [0.1, 0.15) is 0 Å². The van der Waals surface area contributed by atoms with Crippen LogP contribution in [0.25, 0.3) is 0 Å². The summed E-state index contributed by atoms with van der Waals surface area (Å²) in [5.41, 5.74) is 0.524. The molecule has 8 nitrogen and oxygen atoms in total. The van der Waals surface area contributed by atoms with Crippen molar-refractivity contribution in [2.75, 3.05) is 12.9 Å². The molecule has 0 saturated carbocycles. The zero-order valence-electron chi connectivity index (χ0n) is 11.4. The quantitative estimate of drug-likeness (QED) is 0.672. The summed E-state index contributed by atoms with van der Waals surface area (Å²) in [5.74, 6) is -1.66. The zero-order chi connectivity index (χ0) is 16.3. The van der Waals surface area contributed by atoms with E-state index < -0.39 is 37.8 Å². The molecule has 0 amide bonds. The zero-order valence-corrected chi connectivity index (χ0v) is 13.1. The number of nitrogens with one attached hydrogen (secondary N) is 1. The van der Waals surface area contributed by atoms with E-state index in [1.54, 1.807) is 6.92 Å². The summed E-state index contributed by atoms with van der Waals surface area (Å²) in [6.45, 7) is 1.56. The second-order valence-electron chi connectivity index (χ2n) is 4.29. The third-order valence-electron chi connectivity index (χ3n) is 2.60. The molecule has 0 radical (unpaired) electrons. The highest BCUT2D eigenvalue weighted by atomic mass is 32.2. The molecule has 0 aliphatic rings. The predicted octanol–water partition coefficient (Wildman–Crippen LogP) is -0.513. The molecule has 118 valence electrons. The molecule has 1 atom stereocenters. The van der Waals surface area contributed by atoms with Gasteiger partial charge in [-0.1, -0.05) is 12.1 Å². The second kappa shape index (κ2) is 6.52. The van der Waals surface area contributed by atoms with Gasteiger partial charge in [-0.25, -0.2) is 26.7 Å². The molecule has 21 heavy (non-hydrogen) atoms. The minimum Gasteiger partial charge on any atom is -0.468 e. The number of carbonyl (C=O) groups is 1. The van der Waals surface area contributed by atoms with Crippen molar-refractivity contribution in [2.45, 2.75) is 17.9 Å². The number of hydrogen-bond donors (Lipinski definition) is 2. The normalized spacial score (nSPS) is 13.7. The lowest BCUT2D eigenvalue weighted by Crippen LogP contribution is -2.32. The number of hydrogen-bond acceptors (Lipinski definition) is 6. The van der Waals surface area contributed by atoms with E-state index in [2.05, 4.69) is 9.46 Å². The molecule has 1 rings (SSSR count). The first-order chi connectivity index (χ1) is 9.55. The number of methoxy groups -OCH3 is 1. The Morgan fingerprint density at radius 2 is 1.76 bits per heavy atom. The van der Waals surface area contributed by atoms with Crippen molar-refractivity contribution in [3.05, 3.63) is 29.8 Å². The Morgan fingerprint density at radius 3 is 2.19 bits per heavy atom. The molecule has 1 unspecified atom stereocenters. The molecular formula is C11H16N2O6S2. The van der Waals surface area contributed by atoms with Crippen molar-refractivity contribution >= 4 is 26.0 Å². The predicted molar refractivity (Wildman–Crippen MR) is 75.2 cm³/mol. The first-order valence-corrected chi connectivity index (χ1v) is 8.94. The first kappa shape index (κ1) is 17.6. The van der Waals surface area contributed by atoms with Crippen molar-refractivity contribution in [2.24, 2.45) is 5.14 Å². The van der Waals surface area contributed by atoms with E-state index >= 15 is 0 Å². The summed E-state index contributed by atoms with van der Waals surface area (Å²) in [7, 11) is -6.56. The van der Waals surface area contributed by atoms with Gasteiger partial charge in [-0.3, -0.25) is 4.79 Å². The maximum atomic E-state index is 11.7. The van der Waals surface area contributed by atoms with Gasteiger partial charge < -0.3 is 4.74 Å². The summed E-state index contributed by atoms with van der Waals surface area (Å²) in [6, 6.07) is 4.77. The lowest BCUT2D eigenvalue weighted by atomic mass is 10.1. The van der Waals surface area contributed by atoms with Gasteiger partial charge >= 0.3 is 5.97 Å². The van der Waals surface area contributed by atoms with E-state index in [-0.39, 0.29) is 4.90 Å². The molecule has 0 aliphatic heterocycles. The third-order valence-corrected chi connectivity index (χ3v) is 4.86. The minimum absolute atomic E-state index is 0.0733. The van der Waals surface area contributed by atoms with Gasteiger partial charge in [-0.15, -0.1) is 0 Å². The molecule has 0 heterocycles. The largest absolute Gasteiger partial charge is 0.468 e. The van der Waals surface area contributed by atoms with Crippen molar-refractivity contribution in [1.82, 2.24) is 4.72 Å². The highest BCUT2D eigenvalue weighted by Crippen LogP contribution is 2.16. The number of sulfonamides is 2. The Labute approximate surface area is 123 Å². The average Bonchev–Trinajstić information content (AvgIpc) is 2.36. The number of rotatable bonds is 6. The van der Waals surface area contributed by atoms with Crippen LogP contribution >= 0.6 is 0 Å². The second-order valence-corrected chi connectivity index (χ2v) is 7.60. The smallest absolute Gasteiger partial charge is 0.322 e. The SMILES string of the molecule is COC(=O)CS(=O)(=O)NC(C)c1ccc(S(N)(=O)=O)cc1. The van der Waals surface area contributed by atoms with E-state index in [1.165, 1.54) is 24.3 Å². The molecule has 0 spiro atoms. The summed E-state index contributed by atoms with van der Waals surface area (Å²) in [4.78, 5) is 10.9. The number of esters is 1. The standard InChI is InChI=1S/C11H16N2O6S2/c1-8(13-20(15,16)7-11(14)19-2)9-3-5-10(6-4-9)21(12,17)18/h3-6,8,13H,7H2,1-2H3,(H2,12,17,18). The van der Waals surface area contributed by atoms with Gasteiger partial charge in [0, 0.05) is 6.04 Å². The highest BCUT2D eigenvalue weighted by molar-refractivity contribution is 7.90. The van der Waals surface area contributed by atoms with Gasteiger partial charge in [0.2, 0.25) is 20.0 Å². The molecule has 1 aromatic rings. The van der Waals surface area contributed by atoms with E-state index in [0.717, 1.165) is 7.11 Å². The fourth-order valence-corrected chi connectivity index (χ4v) is 3.24. The van der Waals surface area contributed by atoms with Crippen molar-refractivity contribution in [3.63, 3.8) is 0 Å². The van der Waals surface area contributed by atoms with E-state index in [0.29, 0.717) is 5.56 Å². The Morgan fingerprint density at radius 1 is 1.24 bits per heavy atom. The maximum Gasteiger partial charge on any atom is 0.322 e. The van der Waals surface area contributed by atoms with E-state index in [1.807, 2.05) is 0 Å². The number of primary sulfonamides is 1.